The minimum atomic E-state index is -2.09. The monoisotopic (exact) mass is 734 g/mol. The van der Waals surface area contributed by atoms with Crippen molar-refractivity contribution in [2.75, 3.05) is 20.3 Å². The maximum Gasteiger partial charge on any atom is 0.330 e. The van der Waals surface area contributed by atoms with Crippen LogP contribution in [0.15, 0.2) is 59.1 Å². The number of carbonyl (C=O) groups is 1. The zero-order valence-electron chi connectivity index (χ0n) is 30.3. The Morgan fingerprint density at radius 2 is 1.72 bits per heavy atom. The molecule has 1 aromatic rings. The number of allylic oxidation sites excluding steroid dienone is 2. The van der Waals surface area contributed by atoms with Crippen molar-refractivity contribution in [1.29, 1.82) is 0 Å². The van der Waals surface area contributed by atoms with Crippen LogP contribution in [-0.2, 0) is 34.8 Å². The van der Waals surface area contributed by atoms with Crippen molar-refractivity contribution in [2.24, 2.45) is 17.8 Å². The second kappa shape index (κ2) is 17.8. The number of hydrogen-bond donors (Lipinski definition) is 0. The van der Waals surface area contributed by atoms with Gasteiger partial charge in [-0.05, 0) is 79.6 Å². The van der Waals surface area contributed by atoms with Gasteiger partial charge in [0.15, 0.2) is 14.1 Å². The lowest BCUT2D eigenvalue weighted by Gasteiger charge is -2.49. The van der Waals surface area contributed by atoms with E-state index in [1.807, 2.05) is 37.3 Å². The molecule has 2 aliphatic heterocycles. The number of ether oxygens (including phenoxy) is 5. The van der Waals surface area contributed by atoms with Gasteiger partial charge in [0.1, 0.15) is 5.75 Å². The standard InChI is InChI=1S/C38H59BrO7Si/c1-11-43-36(40)19-12-27(2)33(46-47(9,10)37(5,6)7)18-15-31(39)24-34-28(3)20-22-38(44-34)23-21-29(4)35(45-38)26-42-25-30-13-16-32(41-8)17-14-30/h12-19,24,27-29,33-35H,11,20-23,25-26H2,1-10H3/b18-15+,19-12+,31-24-/t27?,28-,29-,33?,34-,35-,38?/m1/s1. The second-order valence-corrected chi connectivity index (χ2v) is 20.4. The molecule has 3 unspecified atom stereocenters. The molecule has 2 fully saturated rings. The van der Waals surface area contributed by atoms with Crippen LogP contribution in [0.2, 0.25) is 18.1 Å². The van der Waals surface area contributed by atoms with Crippen molar-refractivity contribution < 1.29 is 32.9 Å². The van der Waals surface area contributed by atoms with Gasteiger partial charge in [0.25, 0.3) is 0 Å². The van der Waals surface area contributed by atoms with Gasteiger partial charge >= 0.3 is 5.97 Å². The van der Waals surface area contributed by atoms with Crippen LogP contribution < -0.4 is 4.74 Å². The average molecular weight is 736 g/mol. The molecule has 0 amide bonds. The number of halogens is 1. The molecule has 0 aliphatic carbocycles. The molecule has 0 saturated carbocycles. The third kappa shape index (κ3) is 12.0. The van der Waals surface area contributed by atoms with Crippen LogP contribution in [0.3, 0.4) is 0 Å². The summed E-state index contributed by atoms with van der Waals surface area (Å²) in [7, 11) is -0.421. The van der Waals surface area contributed by atoms with Crippen molar-refractivity contribution >= 4 is 30.2 Å². The first-order chi connectivity index (χ1) is 22.1. The van der Waals surface area contributed by atoms with Crippen molar-refractivity contribution in [3.63, 3.8) is 0 Å². The number of benzene rings is 1. The molecular weight excluding hydrogens is 676 g/mol. The van der Waals surface area contributed by atoms with E-state index in [2.05, 4.69) is 88.8 Å². The maximum atomic E-state index is 12.0. The lowest BCUT2D eigenvalue weighted by molar-refractivity contribution is -0.328. The van der Waals surface area contributed by atoms with Crippen LogP contribution in [0.5, 0.6) is 5.75 Å². The number of esters is 1. The highest BCUT2D eigenvalue weighted by molar-refractivity contribution is 9.11. The predicted octanol–water partition coefficient (Wildman–Crippen LogP) is 9.52. The Bertz CT molecular complexity index is 1220. The summed E-state index contributed by atoms with van der Waals surface area (Å²) in [6.07, 6.45) is 13.2. The summed E-state index contributed by atoms with van der Waals surface area (Å²) in [6, 6.07) is 7.97. The largest absolute Gasteiger partial charge is 0.497 e. The van der Waals surface area contributed by atoms with Gasteiger partial charge < -0.3 is 28.1 Å². The molecule has 9 heteroatoms. The SMILES string of the molecule is CCOC(=O)/C=C/C(C)C(/C=C/C(Br)=C/[C@H]1OC2(CC[C@H]1C)CC[C@@H](C)[C@@H](COCc1ccc(OC)cc1)O2)O[Si](C)(C)C(C)(C)C. The summed E-state index contributed by atoms with van der Waals surface area (Å²) >= 11 is 3.81. The maximum absolute atomic E-state index is 12.0. The van der Waals surface area contributed by atoms with E-state index in [9.17, 15) is 4.79 Å². The van der Waals surface area contributed by atoms with Gasteiger partial charge in [-0.2, -0.15) is 0 Å². The van der Waals surface area contributed by atoms with Gasteiger partial charge in [0, 0.05) is 29.3 Å². The molecule has 2 saturated heterocycles. The van der Waals surface area contributed by atoms with Crippen molar-refractivity contribution in [1.82, 2.24) is 0 Å². The molecule has 7 nitrogen and oxygen atoms in total. The fourth-order valence-electron chi connectivity index (χ4n) is 5.57. The van der Waals surface area contributed by atoms with Crippen LogP contribution in [0.4, 0.5) is 0 Å². The second-order valence-electron chi connectivity index (χ2n) is 14.8. The van der Waals surface area contributed by atoms with E-state index in [1.165, 1.54) is 6.08 Å². The minimum Gasteiger partial charge on any atom is -0.497 e. The molecule has 2 aliphatic rings. The number of rotatable bonds is 14. The number of carbonyl (C=O) groups excluding carboxylic acids is 1. The van der Waals surface area contributed by atoms with E-state index in [1.54, 1.807) is 7.11 Å². The Kier molecular flexibility index (Phi) is 15.0. The molecule has 0 aromatic heterocycles. The normalized spacial score (nSPS) is 27.3. The Balaban J connectivity index is 1.69. The quantitative estimate of drug-likeness (QED) is 0.0816. The van der Waals surface area contributed by atoms with Gasteiger partial charge in [-0.25, -0.2) is 4.79 Å². The Labute approximate surface area is 293 Å². The fourth-order valence-corrected chi connectivity index (χ4v) is 7.31. The van der Waals surface area contributed by atoms with E-state index in [4.69, 9.17) is 28.1 Å². The van der Waals surface area contributed by atoms with E-state index in [0.29, 0.717) is 31.7 Å². The first-order valence-corrected chi connectivity index (χ1v) is 20.9. The Morgan fingerprint density at radius 3 is 2.34 bits per heavy atom. The average Bonchev–Trinajstić information content (AvgIpc) is 3.01. The lowest BCUT2D eigenvalue weighted by Crippen LogP contribution is -2.52. The van der Waals surface area contributed by atoms with Gasteiger partial charge in [0.2, 0.25) is 0 Å². The fraction of sp³-hybridized carbons (Fsp3) is 0.658. The zero-order chi connectivity index (χ0) is 34.8. The summed E-state index contributed by atoms with van der Waals surface area (Å²) in [5.41, 5.74) is 1.11. The highest BCUT2D eigenvalue weighted by atomic mass is 79.9. The topological polar surface area (TPSA) is 72.5 Å². The summed E-state index contributed by atoms with van der Waals surface area (Å²) in [5.74, 6) is 0.608. The molecule has 7 atom stereocenters. The summed E-state index contributed by atoms with van der Waals surface area (Å²) in [4.78, 5) is 12.0. The van der Waals surface area contributed by atoms with Crippen LogP contribution in [0.1, 0.15) is 79.7 Å². The summed E-state index contributed by atoms with van der Waals surface area (Å²) in [5, 5.41) is 0.0481. The molecule has 0 radical (unpaired) electrons. The smallest absolute Gasteiger partial charge is 0.330 e. The van der Waals surface area contributed by atoms with Gasteiger partial charge in [-0.1, -0.05) is 81.8 Å². The third-order valence-electron chi connectivity index (χ3n) is 9.93. The lowest BCUT2D eigenvalue weighted by atomic mass is 9.84. The first-order valence-electron chi connectivity index (χ1n) is 17.2. The van der Waals surface area contributed by atoms with Crippen LogP contribution >= 0.6 is 15.9 Å². The van der Waals surface area contributed by atoms with Crippen LogP contribution in [0.25, 0.3) is 0 Å². The van der Waals surface area contributed by atoms with Gasteiger partial charge in [0.05, 0.1) is 45.2 Å². The van der Waals surface area contributed by atoms with E-state index in [-0.39, 0.29) is 35.2 Å². The summed E-state index contributed by atoms with van der Waals surface area (Å²) < 4.78 is 37.8. The molecule has 1 spiro atoms. The van der Waals surface area contributed by atoms with Crippen molar-refractivity contribution in [3.05, 3.63) is 64.7 Å². The molecule has 3 rings (SSSR count). The highest BCUT2D eigenvalue weighted by Crippen LogP contribution is 2.44. The molecule has 2 heterocycles. The molecule has 1 aromatic carbocycles. The molecule has 0 bridgehead atoms. The Morgan fingerprint density at radius 1 is 1.06 bits per heavy atom. The number of methoxy groups -OCH3 is 1. The number of hydrogen-bond acceptors (Lipinski definition) is 7. The zero-order valence-corrected chi connectivity index (χ0v) is 32.9. The van der Waals surface area contributed by atoms with Crippen molar-refractivity contribution in [3.8, 4) is 5.75 Å². The van der Waals surface area contributed by atoms with E-state index < -0.39 is 14.1 Å². The van der Waals surface area contributed by atoms with Crippen molar-refractivity contribution in [2.45, 2.75) is 123 Å². The molecular formula is C38H59BrO7Si. The van der Waals surface area contributed by atoms with Crippen LogP contribution in [0, 0.1) is 17.8 Å². The van der Waals surface area contributed by atoms with E-state index >= 15 is 0 Å². The molecule has 47 heavy (non-hydrogen) atoms. The van der Waals surface area contributed by atoms with E-state index in [0.717, 1.165) is 41.5 Å². The highest BCUT2D eigenvalue weighted by Gasteiger charge is 2.46. The van der Waals surface area contributed by atoms with Gasteiger partial charge in [-0.3, -0.25) is 0 Å². The predicted molar refractivity (Wildman–Crippen MR) is 195 cm³/mol. The minimum absolute atomic E-state index is 0.0271. The molecule has 264 valence electrons. The summed E-state index contributed by atoms with van der Waals surface area (Å²) in [6.45, 7) is 21.0. The Hall–Kier alpha value is -1.75. The van der Waals surface area contributed by atoms with Crippen LogP contribution in [-0.4, -0.2) is 58.7 Å². The third-order valence-corrected chi connectivity index (χ3v) is 14.9. The first kappa shape index (κ1) is 39.7. The molecule has 0 N–H and O–H groups in total. The van der Waals surface area contributed by atoms with Gasteiger partial charge in [-0.15, -0.1) is 0 Å².